The molecule has 1 aromatic carbocycles. The molecule has 0 spiro atoms. The van der Waals surface area contributed by atoms with Crippen molar-refractivity contribution in [3.05, 3.63) is 56.0 Å². The molecule has 1 nitrogen and oxygen atoms in total. The third-order valence-electron chi connectivity index (χ3n) is 2.69. The predicted molar refractivity (Wildman–Crippen MR) is 71.2 cm³/mol. The van der Waals surface area contributed by atoms with Gasteiger partial charge in [-0.3, -0.25) is 0 Å². The Bertz CT molecular complexity index is 550. The third-order valence-corrected chi connectivity index (χ3v) is 4.49. The molecule has 1 atom stereocenters. The smallest absolute Gasteiger partial charge is 0.128 e. The van der Waals surface area contributed by atoms with Gasteiger partial charge < -0.3 is 5.73 Å². The lowest BCUT2D eigenvalue weighted by molar-refractivity contribution is 0.600. The molecule has 2 aromatic rings. The van der Waals surface area contributed by atoms with Crippen LogP contribution < -0.4 is 5.73 Å². The van der Waals surface area contributed by atoms with E-state index in [4.69, 9.17) is 17.3 Å². The molecular formula is C13H13ClFNS. The summed E-state index contributed by atoms with van der Waals surface area (Å²) in [6.45, 7) is 3.83. The first-order chi connectivity index (χ1) is 8.00. The first kappa shape index (κ1) is 12.6. The summed E-state index contributed by atoms with van der Waals surface area (Å²) in [4.78, 5) is 0.814. The minimum atomic E-state index is -0.499. The van der Waals surface area contributed by atoms with Crippen molar-refractivity contribution in [1.82, 2.24) is 0 Å². The van der Waals surface area contributed by atoms with Gasteiger partial charge in [0.2, 0.25) is 0 Å². The summed E-state index contributed by atoms with van der Waals surface area (Å²) < 4.78 is 13.7. The van der Waals surface area contributed by atoms with Crippen LogP contribution in [0.2, 0.25) is 5.02 Å². The number of rotatable bonds is 2. The molecule has 4 heteroatoms. The van der Waals surface area contributed by atoms with E-state index in [1.165, 1.54) is 17.4 Å². The lowest BCUT2D eigenvalue weighted by Crippen LogP contribution is -2.13. The van der Waals surface area contributed by atoms with E-state index in [2.05, 4.69) is 0 Å². The van der Waals surface area contributed by atoms with Crippen molar-refractivity contribution in [2.75, 3.05) is 0 Å². The van der Waals surface area contributed by atoms with Crippen molar-refractivity contribution in [2.24, 2.45) is 5.73 Å². The van der Waals surface area contributed by atoms with Crippen LogP contribution in [0.25, 0.3) is 0 Å². The Balaban J connectivity index is 2.47. The minimum absolute atomic E-state index is 0.287. The molecule has 0 bridgehead atoms. The van der Waals surface area contributed by atoms with Gasteiger partial charge in [0.25, 0.3) is 0 Å². The highest BCUT2D eigenvalue weighted by Gasteiger charge is 2.19. The zero-order valence-corrected chi connectivity index (χ0v) is 11.2. The summed E-state index contributed by atoms with van der Waals surface area (Å²) in [6, 6.07) is 4.44. The highest BCUT2D eigenvalue weighted by Crippen LogP contribution is 2.35. The molecule has 0 aliphatic carbocycles. The summed E-state index contributed by atoms with van der Waals surface area (Å²) in [5.74, 6) is -0.287. The van der Waals surface area contributed by atoms with Crippen LogP contribution in [0.15, 0.2) is 23.6 Å². The van der Waals surface area contributed by atoms with Crippen LogP contribution in [0.4, 0.5) is 4.39 Å². The lowest BCUT2D eigenvalue weighted by Gasteiger charge is -2.13. The number of hydrogen-bond acceptors (Lipinski definition) is 2. The molecular weight excluding hydrogens is 257 g/mol. The molecule has 2 rings (SSSR count). The molecule has 0 aliphatic heterocycles. The van der Waals surface area contributed by atoms with E-state index in [1.54, 1.807) is 12.1 Å². The van der Waals surface area contributed by atoms with Gasteiger partial charge in [0, 0.05) is 10.4 Å². The van der Waals surface area contributed by atoms with E-state index in [0.717, 1.165) is 16.0 Å². The number of halogens is 2. The van der Waals surface area contributed by atoms with Crippen molar-refractivity contribution in [1.29, 1.82) is 0 Å². The standard InChI is InChI=1S/C13H13ClFNS/c1-7-3-4-10(15)9(5-7)12(16)13-11(14)8(2)6-17-13/h3-6,12H,16H2,1-2H3. The van der Waals surface area contributed by atoms with Crippen LogP contribution in [0, 0.1) is 19.7 Å². The monoisotopic (exact) mass is 269 g/mol. The Kier molecular flexibility index (Phi) is 3.52. The fraction of sp³-hybridized carbons (Fsp3) is 0.231. The second-order valence-corrected chi connectivity index (χ2v) is 5.39. The number of aryl methyl sites for hydroxylation is 2. The summed E-state index contributed by atoms with van der Waals surface area (Å²) >= 11 is 7.62. The molecule has 1 heterocycles. The van der Waals surface area contributed by atoms with Crippen LogP contribution in [-0.4, -0.2) is 0 Å². The van der Waals surface area contributed by atoms with E-state index in [0.29, 0.717) is 10.6 Å². The molecule has 0 radical (unpaired) electrons. The minimum Gasteiger partial charge on any atom is -0.319 e. The lowest BCUT2D eigenvalue weighted by atomic mass is 10.0. The number of benzene rings is 1. The van der Waals surface area contributed by atoms with Crippen molar-refractivity contribution < 1.29 is 4.39 Å². The molecule has 0 saturated heterocycles. The average molecular weight is 270 g/mol. The van der Waals surface area contributed by atoms with Gasteiger partial charge in [-0.25, -0.2) is 4.39 Å². The van der Waals surface area contributed by atoms with Gasteiger partial charge in [-0.15, -0.1) is 11.3 Å². The molecule has 0 saturated carbocycles. The van der Waals surface area contributed by atoms with Gasteiger partial charge in [0.1, 0.15) is 5.82 Å². The summed E-state index contributed by atoms with van der Waals surface area (Å²) in [5.41, 5.74) is 8.55. The molecule has 0 fully saturated rings. The quantitative estimate of drug-likeness (QED) is 0.869. The predicted octanol–water partition coefficient (Wildman–Crippen LogP) is 4.21. The maximum atomic E-state index is 13.7. The van der Waals surface area contributed by atoms with Gasteiger partial charge >= 0.3 is 0 Å². The molecule has 1 aromatic heterocycles. The summed E-state index contributed by atoms with van der Waals surface area (Å²) in [5, 5.41) is 2.58. The van der Waals surface area contributed by atoms with Gasteiger partial charge in [0.15, 0.2) is 0 Å². The van der Waals surface area contributed by atoms with Gasteiger partial charge in [0.05, 0.1) is 11.1 Å². The van der Waals surface area contributed by atoms with Crippen LogP contribution >= 0.6 is 22.9 Å². The highest BCUT2D eigenvalue weighted by atomic mass is 35.5. The first-order valence-electron chi connectivity index (χ1n) is 5.26. The van der Waals surface area contributed by atoms with E-state index in [-0.39, 0.29) is 5.82 Å². The molecule has 90 valence electrons. The Morgan fingerprint density at radius 2 is 2.06 bits per heavy atom. The SMILES string of the molecule is Cc1ccc(F)c(C(N)c2scc(C)c2Cl)c1. The third kappa shape index (κ3) is 2.37. The highest BCUT2D eigenvalue weighted by molar-refractivity contribution is 7.10. The Hall–Kier alpha value is -0.900. The van der Waals surface area contributed by atoms with Crippen LogP contribution in [0.3, 0.4) is 0 Å². The van der Waals surface area contributed by atoms with Crippen molar-refractivity contribution >= 4 is 22.9 Å². The zero-order chi connectivity index (χ0) is 12.6. The Morgan fingerprint density at radius 3 is 2.65 bits per heavy atom. The summed E-state index contributed by atoms with van der Waals surface area (Å²) in [6.07, 6.45) is 0. The van der Waals surface area contributed by atoms with Gasteiger partial charge in [-0.1, -0.05) is 29.3 Å². The van der Waals surface area contributed by atoms with Gasteiger partial charge in [-0.05, 0) is 30.9 Å². The van der Waals surface area contributed by atoms with E-state index in [1.807, 2.05) is 19.2 Å². The van der Waals surface area contributed by atoms with E-state index >= 15 is 0 Å². The molecule has 0 amide bonds. The van der Waals surface area contributed by atoms with Gasteiger partial charge in [-0.2, -0.15) is 0 Å². The second-order valence-electron chi connectivity index (χ2n) is 4.10. The second kappa shape index (κ2) is 4.77. The van der Waals surface area contributed by atoms with Crippen molar-refractivity contribution in [2.45, 2.75) is 19.9 Å². The number of nitrogens with two attached hydrogens (primary N) is 1. The van der Waals surface area contributed by atoms with Crippen molar-refractivity contribution in [3.63, 3.8) is 0 Å². The summed E-state index contributed by atoms with van der Waals surface area (Å²) in [7, 11) is 0. The van der Waals surface area contributed by atoms with E-state index in [9.17, 15) is 4.39 Å². The Morgan fingerprint density at radius 1 is 1.35 bits per heavy atom. The van der Waals surface area contributed by atoms with Crippen molar-refractivity contribution in [3.8, 4) is 0 Å². The maximum absolute atomic E-state index is 13.7. The fourth-order valence-corrected chi connectivity index (χ4v) is 3.03. The van der Waals surface area contributed by atoms with E-state index < -0.39 is 6.04 Å². The number of hydrogen-bond donors (Lipinski definition) is 1. The van der Waals surface area contributed by atoms with Crippen LogP contribution in [0.5, 0.6) is 0 Å². The van der Waals surface area contributed by atoms with Crippen LogP contribution in [-0.2, 0) is 0 Å². The first-order valence-corrected chi connectivity index (χ1v) is 6.51. The number of thiophene rings is 1. The molecule has 1 unspecified atom stereocenters. The molecule has 2 N–H and O–H groups in total. The fourth-order valence-electron chi connectivity index (χ4n) is 1.70. The molecule has 0 aliphatic rings. The average Bonchev–Trinajstić information content (AvgIpc) is 2.62. The topological polar surface area (TPSA) is 26.0 Å². The maximum Gasteiger partial charge on any atom is 0.128 e. The molecule has 17 heavy (non-hydrogen) atoms. The normalized spacial score (nSPS) is 12.8. The Labute approximate surface area is 109 Å². The largest absolute Gasteiger partial charge is 0.319 e. The zero-order valence-electron chi connectivity index (χ0n) is 9.63. The van der Waals surface area contributed by atoms with Crippen LogP contribution in [0.1, 0.15) is 27.6 Å².